The summed E-state index contributed by atoms with van der Waals surface area (Å²) in [5, 5.41) is 2.16. The number of fused-ring (bicyclic) bond motifs is 1. The quantitative estimate of drug-likeness (QED) is 0.748. The van der Waals surface area contributed by atoms with Gasteiger partial charge in [-0.15, -0.1) is 0 Å². The van der Waals surface area contributed by atoms with E-state index in [2.05, 4.69) is 0 Å². The van der Waals surface area contributed by atoms with Gasteiger partial charge in [-0.05, 0) is 36.6 Å². The monoisotopic (exact) mass is 321 g/mol. The lowest BCUT2D eigenvalue weighted by Crippen LogP contribution is -2.12. The Morgan fingerprint density at radius 3 is 2.54 bits per heavy atom. The molecule has 0 radical (unpaired) electrons. The molecule has 1 amide bonds. The lowest BCUT2D eigenvalue weighted by atomic mass is 10.1. The van der Waals surface area contributed by atoms with Crippen LogP contribution in [0, 0.1) is 0 Å². The highest BCUT2D eigenvalue weighted by molar-refractivity contribution is 5.93. The van der Waals surface area contributed by atoms with Gasteiger partial charge in [-0.2, -0.15) is 0 Å². The molecule has 3 aromatic rings. The fraction of sp³-hybridized carbons (Fsp3) is 0.150. The SMILES string of the molecule is CCOc1ccc(C(N)=O)cc1COc1cccc2ccccc12. The van der Waals surface area contributed by atoms with Crippen molar-refractivity contribution in [2.45, 2.75) is 13.5 Å². The Balaban J connectivity index is 1.89. The Labute approximate surface area is 140 Å². The van der Waals surface area contributed by atoms with E-state index in [0.29, 0.717) is 24.5 Å². The second-order valence-corrected chi connectivity index (χ2v) is 5.39. The minimum absolute atomic E-state index is 0.296. The molecule has 0 atom stereocenters. The maximum atomic E-state index is 11.4. The van der Waals surface area contributed by atoms with Gasteiger partial charge in [0.2, 0.25) is 5.91 Å². The molecule has 0 bridgehead atoms. The van der Waals surface area contributed by atoms with E-state index in [1.807, 2.05) is 49.4 Å². The maximum Gasteiger partial charge on any atom is 0.248 e. The minimum Gasteiger partial charge on any atom is -0.493 e. The van der Waals surface area contributed by atoms with Crippen molar-refractivity contribution in [3.63, 3.8) is 0 Å². The molecule has 0 saturated heterocycles. The summed E-state index contributed by atoms with van der Waals surface area (Å²) in [7, 11) is 0. The van der Waals surface area contributed by atoms with Gasteiger partial charge in [-0.1, -0.05) is 36.4 Å². The number of carbonyl (C=O) groups is 1. The van der Waals surface area contributed by atoms with Crippen LogP contribution >= 0.6 is 0 Å². The fourth-order valence-corrected chi connectivity index (χ4v) is 2.62. The number of rotatable bonds is 6. The van der Waals surface area contributed by atoms with E-state index in [-0.39, 0.29) is 0 Å². The van der Waals surface area contributed by atoms with Gasteiger partial charge in [0.15, 0.2) is 0 Å². The van der Waals surface area contributed by atoms with Crippen LogP contribution in [-0.4, -0.2) is 12.5 Å². The standard InChI is InChI=1S/C20H19NO3/c1-2-23-18-11-10-15(20(21)22)12-16(18)13-24-19-9-5-7-14-6-3-4-8-17(14)19/h3-12H,2,13H2,1H3,(H2,21,22). The van der Waals surface area contributed by atoms with Crippen molar-refractivity contribution < 1.29 is 14.3 Å². The van der Waals surface area contributed by atoms with Crippen LogP contribution in [-0.2, 0) is 6.61 Å². The molecular formula is C20H19NO3. The molecule has 4 heteroatoms. The summed E-state index contributed by atoms with van der Waals surface area (Å²) in [6, 6.07) is 19.1. The third-order valence-corrected chi connectivity index (χ3v) is 3.78. The molecule has 0 saturated carbocycles. The first-order valence-corrected chi connectivity index (χ1v) is 7.85. The highest BCUT2D eigenvalue weighted by Crippen LogP contribution is 2.28. The summed E-state index contributed by atoms with van der Waals surface area (Å²) in [6.45, 7) is 2.75. The van der Waals surface area contributed by atoms with E-state index in [1.165, 1.54) is 0 Å². The first-order valence-electron chi connectivity index (χ1n) is 7.85. The van der Waals surface area contributed by atoms with E-state index in [0.717, 1.165) is 22.1 Å². The number of nitrogens with two attached hydrogens (primary N) is 1. The number of benzene rings is 3. The third-order valence-electron chi connectivity index (χ3n) is 3.78. The summed E-state index contributed by atoms with van der Waals surface area (Å²) in [5.74, 6) is 1.02. The molecule has 0 spiro atoms. The molecule has 0 unspecified atom stereocenters. The predicted molar refractivity (Wildman–Crippen MR) is 94.4 cm³/mol. The van der Waals surface area contributed by atoms with Crippen molar-refractivity contribution in [2.24, 2.45) is 5.73 Å². The Morgan fingerprint density at radius 2 is 1.75 bits per heavy atom. The van der Waals surface area contributed by atoms with E-state index < -0.39 is 5.91 Å². The van der Waals surface area contributed by atoms with Crippen LogP contribution < -0.4 is 15.2 Å². The normalized spacial score (nSPS) is 10.5. The molecular weight excluding hydrogens is 302 g/mol. The molecule has 122 valence electrons. The van der Waals surface area contributed by atoms with Gasteiger partial charge in [0, 0.05) is 16.5 Å². The van der Waals surface area contributed by atoms with Gasteiger partial charge < -0.3 is 15.2 Å². The van der Waals surface area contributed by atoms with Crippen LogP contribution in [0.5, 0.6) is 11.5 Å². The number of primary amides is 1. The second kappa shape index (κ2) is 7.04. The van der Waals surface area contributed by atoms with E-state index in [1.54, 1.807) is 18.2 Å². The van der Waals surface area contributed by atoms with Crippen LogP contribution in [0.2, 0.25) is 0 Å². The number of amides is 1. The summed E-state index contributed by atoms with van der Waals surface area (Å²) in [4.78, 5) is 11.4. The predicted octanol–water partition coefficient (Wildman–Crippen LogP) is 3.92. The van der Waals surface area contributed by atoms with Crippen LogP contribution in [0.1, 0.15) is 22.8 Å². The highest BCUT2D eigenvalue weighted by atomic mass is 16.5. The van der Waals surface area contributed by atoms with Gasteiger partial charge in [-0.3, -0.25) is 4.79 Å². The average molecular weight is 321 g/mol. The van der Waals surface area contributed by atoms with Crippen molar-refractivity contribution in [2.75, 3.05) is 6.61 Å². The number of hydrogen-bond donors (Lipinski definition) is 1. The van der Waals surface area contributed by atoms with Crippen LogP contribution in [0.15, 0.2) is 60.7 Å². The smallest absolute Gasteiger partial charge is 0.248 e. The van der Waals surface area contributed by atoms with Gasteiger partial charge in [-0.25, -0.2) is 0 Å². The van der Waals surface area contributed by atoms with Crippen LogP contribution in [0.25, 0.3) is 10.8 Å². The average Bonchev–Trinajstić information content (AvgIpc) is 2.61. The molecule has 0 aliphatic rings. The molecule has 0 fully saturated rings. The van der Waals surface area contributed by atoms with Crippen LogP contribution in [0.3, 0.4) is 0 Å². The van der Waals surface area contributed by atoms with Gasteiger partial charge in [0.1, 0.15) is 18.1 Å². The van der Waals surface area contributed by atoms with Crippen molar-refractivity contribution in [1.82, 2.24) is 0 Å². The topological polar surface area (TPSA) is 61.5 Å². The number of ether oxygens (including phenoxy) is 2. The second-order valence-electron chi connectivity index (χ2n) is 5.39. The van der Waals surface area contributed by atoms with Crippen LogP contribution in [0.4, 0.5) is 0 Å². The first kappa shape index (κ1) is 15.9. The van der Waals surface area contributed by atoms with Gasteiger partial charge in [0.05, 0.1) is 6.61 Å². The molecule has 3 rings (SSSR count). The summed E-state index contributed by atoms with van der Waals surface area (Å²) >= 11 is 0. The molecule has 24 heavy (non-hydrogen) atoms. The molecule has 0 aromatic heterocycles. The summed E-state index contributed by atoms with van der Waals surface area (Å²) < 4.78 is 11.6. The summed E-state index contributed by atoms with van der Waals surface area (Å²) in [6.07, 6.45) is 0. The summed E-state index contributed by atoms with van der Waals surface area (Å²) in [5.41, 5.74) is 6.60. The largest absolute Gasteiger partial charge is 0.493 e. The highest BCUT2D eigenvalue weighted by Gasteiger charge is 2.10. The Bertz CT molecular complexity index is 868. The molecule has 2 N–H and O–H groups in total. The molecule has 4 nitrogen and oxygen atoms in total. The molecule has 3 aromatic carbocycles. The zero-order chi connectivity index (χ0) is 16.9. The molecule has 0 aliphatic heterocycles. The lowest BCUT2D eigenvalue weighted by molar-refractivity contribution is 0.1000. The lowest BCUT2D eigenvalue weighted by Gasteiger charge is -2.14. The zero-order valence-corrected chi connectivity index (χ0v) is 13.5. The van der Waals surface area contributed by atoms with E-state index >= 15 is 0 Å². The maximum absolute atomic E-state index is 11.4. The van der Waals surface area contributed by atoms with Gasteiger partial charge >= 0.3 is 0 Å². The molecule has 0 heterocycles. The molecule has 0 aliphatic carbocycles. The Kier molecular flexibility index (Phi) is 4.66. The minimum atomic E-state index is -0.468. The van der Waals surface area contributed by atoms with Crippen molar-refractivity contribution in [3.05, 3.63) is 71.8 Å². The third kappa shape index (κ3) is 3.33. The zero-order valence-electron chi connectivity index (χ0n) is 13.5. The van der Waals surface area contributed by atoms with Gasteiger partial charge in [0.25, 0.3) is 0 Å². The van der Waals surface area contributed by atoms with E-state index in [9.17, 15) is 4.79 Å². The number of carbonyl (C=O) groups excluding carboxylic acids is 1. The Morgan fingerprint density at radius 1 is 0.958 bits per heavy atom. The van der Waals surface area contributed by atoms with Crippen molar-refractivity contribution >= 4 is 16.7 Å². The first-order chi connectivity index (χ1) is 11.7. The number of hydrogen-bond acceptors (Lipinski definition) is 3. The fourth-order valence-electron chi connectivity index (χ4n) is 2.62. The van der Waals surface area contributed by atoms with E-state index in [4.69, 9.17) is 15.2 Å². The Hall–Kier alpha value is -3.01. The van der Waals surface area contributed by atoms with Crippen molar-refractivity contribution in [3.8, 4) is 11.5 Å². The van der Waals surface area contributed by atoms with Crippen molar-refractivity contribution in [1.29, 1.82) is 0 Å².